The molecule has 1 aromatic rings. The summed E-state index contributed by atoms with van der Waals surface area (Å²) >= 11 is 3.40. The van der Waals surface area contributed by atoms with Gasteiger partial charge in [0, 0.05) is 36.7 Å². The number of nitrogens with zero attached hydrogens (tertiary/aromatic N) is 3. The highest BCUT2D eigenvalue weighted by Crippen LogP contribution is 2.25. The van der Waals surface area contributed by atoms with Crippen molar-refractivity contribution in [3.05, 3.63) is 28.2 Å². The fraction of sp³-hybridized carbons (Fsp3) is 0.500. The topological polar surface area (TPSA) is 82.2 Å². The zero-order valence-electron chi connectivity index (χ0n) is 15.6. The van der Waals surface area contributed by atoms with Crippen molar-refractivity contribution >= 4 is 33.8 Å². The molecule has 2 aliphatic rings. The molecule has 2 fully saturated rings. The first-order valence-electron chi connectivity index (χ1n) is 8.73. The number of amides is 4. The number of nitrogens with one attached hydrogen (secondary N) is 1. The lowest BCUT2D eigenvalue weighted by Gasteiger charge is -2.38. The van der Waals surface area contributed by atoms with Gasteiger partial charge in [0.05, 0.1) is 13.2 Å². The number of carbonyl (C=O) groups is 3. The molecule has 2 heterocycles. The van der Waals surface area contributed by atoms with Crippen LogP contribution in [-0.4, -0.2) is 78.4 Å². The number of urea groups is 1. The van der Waals surface area contributed by atoms with Crippen molar-refractivity contribution in [3.63, 3.8) is 0 Å². The maximum atomic E-state index is 12.6. The van der Waals surface area contributed by atoms with Crippen LogP contribution in [0.3, 0.4) is 0 Å². The first kappa shape index (κ1) is 19.5. The summed E-state index contributed by atoms with van der Waals surface area (Å²) in [6.07, 6.45) is 0. The van der Waals surface area contributed by atoms with Crippen LogP contribution in [0.4, 0.5) is 4.79 Å². The van der Waals surface area contributed by atoms with Crippen LogP contribution in [0.25, 0.3) is 0 Å². The van der Waals surface area contributed by atoms with Crippen molar-refractivity contribution in [2.75, 3.05) is 33.8 Å². The predicted molar refractivity (Wildman–Crippen MR) is 102 cm³/mol. The highest BCUT2D eigenvalue weighted by atomic mass is 79.9. The Labute approximate surface area is 166 Å². The van der Waals surface area contributed by atoms with Gasteiger partial charge < -0.3 is 24.8 Å². The van der Waals surface area contributed by atoms with Crippen LogP contribution in [0.1, 0.15) is 12.5 Å². The third kappa shape index (κ3) is 3.87. The first-order chi connectivity index (χ1) is 12.8. The quantitative estimate of drug-likeness (QED) is 0.744. The van der Waals surface area contributed by atoms with Gasteiger partial charge in [0.1, 0.15) is 18.3 Å². The molecule has 0 unspecified atom stereocenters. The SMILES string of the molecule is COc1ccc(Br)cc1CNC(=O)CN1C[C@@H]2CN(C)C(=O)[C@H](C)N2C1=O. The second-order valence-electron chi connectivity index (χ2n) is 6.85. The third-order valence-corrected chi connectivity index (χ3v) is 5.50. The summed E-state index contributed by atoms with van der Waals surface area (Å²) in [6.45, 7) is 2.92. The monoisotopic (exact) mass is 438 g/mol. The lowest BCUT2D eigenvalue weighted by molar-refractivity contribution is -0.139. The van der Waals surface area contributed by atoms with E-state index in [1.807, 2.05) is 18.2 Å². The van der Waals surface area contributed by atoms with Crippen molar-refractivity contribution in [2.45, 2.75) is 25.6 Å². The molecule has 1 aromatic carbocycles. The van der Waals surface area contributed by atoms with Crippen LogP contribution >= 0.6 is 15.9 Å². The number of halogens is 1. The molecular formula is C18H23BrN4O4. The van der Waals surface area contributed by atoms with Crippen molar-refractivity contribution < 1.29 is 19.1 Å². The van der Waals surface area contributed by atoms with E-state index in [1.54, 1.807) is 30.9 Å². The molecule has 8 nitrogen and oxygen atoms in total. The summed E-state index contributed by atoms with van der Waals surface area (Å²) in [7, 11) is 3.31. The Morgan fingerprint density at radius 3 is 2.78 bits per heavy atom. The lowest BCUT2D eigenvalue weighted by atomic mass is 10.1. The molecular weight excluding hydrogens is 416 g/mol. The highest BCUT2D eigenvalue weighted by Gasteiger charge is 2.47. The van der Waals surface area contributed by atoms with Crippen LogP contribution < -0.4 is 10.1 Å². The van der Waals surface area contributed by atoms with Crippen LogP contribution in [0, 0.1) is 0 Å². The van der Waals surface area contributed by atoms with Gasteiger partial charge in [-0.2, -0.15) is 0 Å². The molecule has 146 valence electrons. The summed E-state index contributed by atoms with van der Waals surface area (Å²) in [5, 5.41) is 2.83. The molecule has 2 aliphatic heterocycles. The van der Waals surface area contributed by atoms with Gasteiger partial charge in [0.2, 0.25) is 11.8 Å². The van der Waals surface area contributed by atoms with Crippen molar-refractivity contribution in [1.82, 2.24) is 20.0 Å². The van der Waals surface area contributed by atoms with Gasteiger partial charge in [-0.15, -0.1) is 0 Å². The van der Waals surface area contributed by atoms with E-state index in [4.69, 9.17) is 4.74 Å². The van der Waals surface area contributed by atoms with E-state index in [-0.39, 0.29) is 30.4 Å². The fourth-order valence-corrected chi connectivity index (χ4v) is 4.06. The molecule has 0 aromatic heterocycles. The lowest BCUT2D eigenvalue weighted by Crippen LogP contribution is -2.58. The molecule has 0 saturated carbocycles. The van der Waals surface area contributed by atoms with Gasteiger partial charge in [-0.25, -0.2) is 4.79 Å². The first-order valence-corrected chi connectivity index (χ1v) is 9.52. The largest absolute Gasteiger partial charge is 0.496 e. The van der Waals surface area contributed by atoms with Gasteiger partial charge >= 0.3 is 6.03 Å². The van der Waals surface area contributed by atoms with Gasteiger partial charge in [0.15, 0.2) is 0 Å². The maximum absolute atomic E-state index is 12.6. The molecule has 27 heavy (non-hydrogen) atoms. The normalized spacial score (nSPS) is 22.1. The van der Waals surface area contributed by atoms with Crippen molar-refractivity contribution in [1.29, 1.82) is 0 Å². The highest BCUT2D eigenvalue weighted by molar-refractivity contribution is 9.10. The van der Waals surface area contributed by atoms with Crippen molar-refractivity contribution in [2.24, 2.45) is 0 Å². The van der Waals surface area contributed by atoms with E-state index in [0.29, 0.717) is 25.4 Å². The summed E-state index contributed by atoms with van der Waals surface area (Å²) < 4.78 is 6.19. The van der Waals surface area contributed by atoms with Crippen molar-refractivity contribution in [3.8, 4) is 5.75 Å². The number of hydrogen-bond donors (Lipinski definition) is 1. The number of rotatable bonds is 5. The van der Waals surface area contributed by atoms with Gasteiger partial charge in [0.25, 0.3) is 0 Å². The van der Waals surface area contributed by atoms with E-state index in [1.165, 1.54) is 4.90 Å². The number of benzene rings is 1. The number of fused-ring (bicyclic) bond motifs is 1. The summed E-state index contributed by atoms with van der Waals surface area (Å²) in [5.74, 6) is 0.355. The zero-order chi connectivity index (χ0) is 19.7. The predicted octanol–water partition coefficient (Wildman–Crippen LogP) is 1.04. The number of likely N-dealkylation sites (N-methyl/N-ethyl adjacent to an activating group) is 1. The number of piperazine rings is 1. The molecule has 0 radical (unpaired) electrons. The Bertz CT molecular complexity index is 772. The van der Waals surface area contributed by atoms with Crippen LogP contribution in [0.5, 0.6) is 5.75 Å². The minimum Gasteiger partial charge on any atom is -0.496 e. The Morgan fingerprint density at radius 2 is 2.07 bits per heavy atom. The molecule has 0 bridgehead atoms. The van der Waals surface area contributed by atoms with Gasteiger partial charge in [-0.05, 0) is 25.1 Å². The Morgan fingerprint density at radius 1 is 1.33 bits per heavy atom. The minimum absolute atomic E-state index is 0.0349. The molecule has 1 N–H and O–H groups in total. The van der Waals surface area contributed by atoms with Crippen LogP contribution in [-0.2, 0) is 16.1 Å². The second kappa shape index (κ2) is 7.75. The molecule has 3 rings (SSSR count). The smallest absolute Gasteiger partial charge is 0.321 e. The number of hydrogen-bond acceptors (Lipinski definition) is 4. The number of ether oxygens (including phenoxy) is 1. The molecule has 4 amide bonds. The zero-order valence-corrected chi connectivity index (χ0v) is 17.2. The Hall–Kier alpha value is -2.29. The second-order valence-corrected chi connectivity index (χ2v) is 7.77. The van der Waals surface area contributed by atoms with E-state index >= 15 is 0 Å². The van der Waals surface area contributed by atoms with Crippen LogP contribution in [0.2, 0.25) is 0 Å². The van der Waals surface area contributed by atoms with E-state index in [9.17, 15) is 14.4 Å². The molecule has 0 aliphatic carbocycles. The number of methoxy groups -OCH3 is 1. The minimum atomic E-state index is -0.500. The van der Waals surface area contributed by atoms with Gasteiger partial charge in [-0.3, -0.25) is 9.59 Å². The third-order valence-electron chi connectivity index (χ3n) is 5.00. The average molecular weight is 439 g/mol. The fourth-order valence-electron chi connectivity index (χ4n) is 3.65. The van der Waals surface area contributed by atoms with E-state index in [0.717, 1.165) is 10.0 Å². The van der Waals surface area contributed by atoms with Crippen LogP contribution in [0.15, 0.2) is 22.7 Å². The average Bonchev–Trinajstić information content (AvgIpc) is 2.93. The molecule has 2 saturated heterocycles. The molecule has 0 spiro atoms. The molecule has 9 heteroatoms. The van der Waals surface area contributed by atoms with Gasteiger partial charge in [-0.1, -0.05) is 15.9 Å². The Balaban J connectivity index is 1.60. The summed E-state index contributed by atoms with van der Waals surface area (Å²) in [6, 6.07) is 4.73. The standard InChI is InChI=1S/C18H23BrN4O4/c1-11-17(25)21(2)8-14-9-22(18(26)23(11)14)10-16(24)20-7-12-6-13(19)4-5-15(12)27-3/h4-6,11,14H,7-10H2,1-3H3,(H,20,24)/t11-,14-/m0/s1. The number of carbonyl (C=O) groups excluding carboxylic acids is 3. The molecule has 2 atom stereocenters. The summed E-state index contributed by atoms with van der Waals surface area (Å²) in [5.41, 5.74) is 0.839. The summed E-state index contributed by atoms with van der Waals surface area (Å²) in [4.78, 5) is 41.8. The maximum Gasteiger partial charge on any atom is 0.321 e. The Kier molecular flexibility index (Phi) is 5.59. The van der Waals surface area contributed by atoms with E-state index < -0.39 is 6.04 Å². The van der Waals surface area contributed by atoms with E-state index in [2.05, 4.69) is 21.2 Å².